The normalized spacial score (nSPS) is 14.3. The van der Waals surface area contributed by atoms with E-state index in [1.54, 1.807) is 31.2 Å². The van der Waals surface area contributed by atoms with Crippen LogP contribution in [0.25, 0.3) is 5.69 Å². The Morgan fingerprint density at radius 2 is 1.74 bits per heavy atom. The number of carbonyl (C=O) groups is 3. The molecule has 2 amide bonds. The molecule has 1 aliphatic rings. The van der Waals surface area contributed by atoms with Gasteiger partial charge in [-0.3, -0.25) is 9.69 Å². The van der Waals surface area contributed by atoms with Gasteiger partial charge in [-0.15, -0.1) is 9.78 Å². The van der Waals surface area contributed by atoms with Gasteiger partial charge in [-0.2, -0.15) is 4.57 Å². The Labute approximate surface area is 313 Å². The molecule has 0 aliphatic carbocycles. The van der Waals surface area contributed by atoms with Crippen LogP contribution in [-0.2, 0) is 44.5 Å². The zero-order valence-corrected chi connectivity index (χ0v) is 29.7. The molecule has 2 aromatic heterocycles. The fraction of sp³-hybridized carbons (Fsp3) is 0.314. The number of halogens is 3. The molecule has 6 rings (SSSR count). The lowest BCUT2D eigenvalue weighted by molar-refractivity contribution is -0.765. The van der Waals surface area contributed by atoms with Gasteiger partial charge in [0.1, 0.15) is 31.1 Å². The minimum absolute atomic E-state index is 0. The molecule has 1 fully saturated rings. The van der Waals surface area contributed by atoms with Crippen LogP contribution >= 0.6 is 0 Å². The topological polar surface area (TPSA) is 171 Å². The minimum Gasteiger partial charge on any atom is -1.00 e. The summed E-state index contributed by atoms with van der Waals surface area (Å²) in [6.07, 6.45) is 3.45. The lowest BCUT2D eigenvalue weighted by Crippen LogP contribution is -3.00. The van der Waals surface area contributed by atoms with Crippen molar-refractivity contribution < 1.29 is 59.6 Å². The Balaban J connectivity index is 0.00000561. The van der Waals surface area contributed by atoms with Crippen LogP contribution in [0, 0.1) is 11.6 Å². The van der Waals surface area contributed by atoms with Crippen LogP contribution in [0.1, 0.15) is 30.9 Å². The highest BCUT2D eigenvalue weighted by Crippen LogP contribution is 2.34. The monoisotopic (exact) mass is 767 g/mol. The number of anilines is 1. The largest absolute Gasteiger partial charge is 1.00 e. The van der Waals surface area contributed by atoms with Crippen molar-refractivity contribution in [2.45, 2.75) is 51.3 Å². The lowest BCUT2D eigenvalue weighted by atomic mass is 9.85. The van der Waals surface area contributed by atoms with Crippen LogP contribution in [0.4, 0.5) is 24.1 Å². The predicted molar refractivity (Wildman–Crippen MR) is 179 cm³/mol. The molecule has 5 aromatic rings. The van der Waals surface area contributed by atoms with E-state index in [9.17, 15) is 23.9 Å². The molecule has 3 heterocycles. The first kappa shape index (κ1) is 39.2. The summed E-state index contributed by atoms with van der Waals surface area (Å²) >= 11 is 0. The number of nitrogens with zero attached hydrogens (tertiary/aromatic N) is 9. The maximum absolute atomic E-state index is 15.3. The molecule has 16 nitrogen and oxygen atoms in total. The highest BCUT2D eigenvalue weighted by Gasteiger charge is 2.48. The number of ether oxygens (including phenoxy) is 3. The van der Waals surface area contributed by atoms with Crippen LogP contribution in [0.5, 0.6) is 0 Å². The van der Waals surface area contributed by atoms with Crippen molar-refractivity contribution in [2.24, 2.45) is 0 Å². The number of benzene rings is 3. The standard InChI is InChI=1S/C35H36F2N9O7.ClH/c1-25(44-15-16-45(33(44)48)28-10-12-29(13-11-28)46-21-38-40-41-46)35(50,30-14-9-27(36)18-31(30)37)20-43-23-42(22-39-43)24-53-34(49)51-17-5-8-32(47)52-19-26-6-3-2-4-7-26;/h2-4,6-7,9-14,18,21-23,25,50H,5,8,15-17,19-20,24H2,1H3;1H/q+1;/p-1/t25-,35-;/m1./s1. The molecule has 1 aliphatic heterocycles. The molecule has 2 atom stereocenters. The average molecular weight is 768 g/mol. The SMILES string of the molecule is C[C@@H](N1CCN(c2ccc(-n3cnnn3)cc2)C1=O)[C@](O)(C[n+]1cn(COC(=O)OCCCC(=O)OCc2ccccc2)cn1)c1ccc(F)cc1F.[Cl-]. The fourth-order valence-electron chi connectivity index (χ4n) is 5.87. The zero-order chi connectivity index (χ0) is 37.4. The molecule has 284 valence electrons. The second-order valence-corrected chi connectivity index (χ2v) is 12.2. The number of amides is 2. The van der Waals surface area contributed by atoms with Crippen LogP contribution < -0.4 is 22.0 Å². The molecule has 0 spiro atoms. The van der Waals surface area contributed by atoms with E-state index in [4.69, 9.17) is 14.2 Å². The molecule has 3 aromatic carbocycles. The molecule has 0 bridgehead atoms. The van der Waals surface area contributed by atoms with Crippen LogP contribution in [0.3, 0.4) is 0 Å². The number of aromatic nitrogens is 7. The Hall–Kier alpha value is -6.01. The lowest BCUT2D eigenvalue weighted by Gasteiger charge is -2.38. The van der Waals surface area contributed by atoms with Crippen LogP contribution in [0.15, 0.2) is 91.8 Å². The summed E-state index contributed by atoms with van der Waals surface area (Å²) in [5.41, 5.74) is -0.206. The van der Waals surface area contributed by atoms with E-state index in [-0.39, 0.29) is 70.4 Å². The van der Waals surface area contributed by atoms with Gasteiger partial charge >= 0.3 is 18.2 Å². The van der Waals surface area contributed by atoms with E-state index >= 15 is 4.39 Å². The Morgan fingerprint density at radius 1 is 0.981 bits per heavy atom. The maximum atomic E-state index is 15.3. The summed E-state index contributed by atoms with van der Waals surface area (Å²) in [5.74, 6) is -2.27. The average Bonchev–Trinajstić information content (AvgIpc) is 3.94. The first-order valence-corrected chi connectivity index (χ1v) is 16.6. The number of hydrogen-bond acceptors (Lipinski definition) is 11. The van der Waals surface area contributed by atoms with E-state index in [1.165, 1.54) is 42.7 Å². The summed E-state index contributed by atoms with van der Waals surface area (Å²) in [4.78, 5) is 40.8. The number of tetrazole rings is 1. The minimum atomic E-state index is -2.10. The summed E-state index contributed by atoms with van der Waals surface area (Å²) in [6.45, 7) is 1.45. The van der Waals surface area contributed by atoms with Gasteiger partial charge in [0.25, 0.3) is 6.33 Å². The highest BCUT2D eigenvalue weighted by molar-refractivity contribution is 5.94. The molecule has 0 unspecified atom stereocenters. The Bertz CT molecular complexity index is 2020. The third kappa shape index (κ3) is 9.31. The van der Waals surface area contributed by atoms with E-state index in [0.29, 0.717) is 17.4 Å². The number of urea groups is 1. The number of hydrogen-bond donors (Lipinski definition) is 1. The second-order valence-electron chi connectivity index (χ2n) is 12.2. The maximum Gasteiger partial charge on any atom is 0.511 e. The quantitative estimate of drug-likeness (QED) is 0.0882. The molecule has 0 radical (unpaired) electrons. The first-order chi connectivity index (χ1) is 25.6. The number of rotatable bonds is 15. The molecule has 54 heavy (non-hydrogen) atoms. The summed E-state index contributed by atoms with van der Waals surface area (Å²) < 4.78 is 48.8. The van der Waals surface area contributed by atoms with Crippen LogP contribution in [0.2, 0.25) is 0 Å². The van der Waals surface area contributed by atoms with Crippen molar-refractivity contribution in [2.75, 3.05) is 24.6 Å². The zero-order valence-electron chi connectivity index (χ0n) is 28.9. The first-order valence-electron chi connectivity index (χ1n) is 16.6. The number of aliphatic hydroxyl groups is 1. The highest BCUT2D eigenvalue weighted by atomic mass is 35.5. The van der Waals surface area contributed by atoms with E-state index in [2.05, 4.69) is 20.6 Å². The van der Waals surface area contributed by atoms with Gasteiger partial charge < -0.3 is 36.6 Å². The summed E-state index contributed by atoms with van der Waals surface area (Å²) in [6, 6.07) is 17.6. The Kier molecular flexibility index (Phi) is 12.8. The molecule has 0 saturated carbocycles. The molecular weight excluding hydrogens is 732 g/mol. The van der Waals surface area contributed by atoms with E-state index in [0.717, 1.165) is 17.7 Å². The molecule has 1 saturated heterocycles. The van der Waals surface area contributed by atoms with Crippen molar-refractivity contribution in [1.29, 1.82) is 0 Å². The molecular formula is C35H36ClF2N9O7. The van der Waals surface area contributed by atoms with Gasteiger partial charge in [0.05, 0.1) is 18.3 Å². The van der Waals surface area contributed by atoms with Crippen molar-refractivity contribution in [3.05, 3.63) is 115 Å². The van der Waals surface area contributed by atoms with Crippen molar-refractivity contribution in [3.63, 3.8) is 0 Å². The Morgan fingerprint density at radius 3 is 2.46 bits per heavy atom. The van der Waals surface area contributed by atoms with Crippen LogP contribution in [-0.4, -0.2) is 83.8 Å². The van der Waals surface area contributed by atoms with E-state index < -0.39 is 41.4 Å². The van der Waals surface area contributed by atoms with Gasteiger partial charge in [0.2, 0.25) is 13.1 Å². The third-order valence-corrected chi connectivity index (χ3v) is 8.72. The van der Waals surface area contributed by atoms with Gasteiger partial charge in [-0.1, -0.05) is 36.4 Å². The predicted octanol–water partition coefficient (Wildman–Crippen LogP) is 0.281. The smallest absolute Gasteiger partial charge is 0.511 e. The van der Waals surface area contributed by atoms with Gasteiger partial charge in [0, 0.05) is 36.8 Å². The van der Waals surface area contributed by atoms with Crippen molar-refractivity contribution in [1.82, 2.24) is 34.8 Å². The van der Waals surface area contributed by atoms with Crippen molar-refractivity contribution in [3.8, 4) is 5.69 Å². The number of esters is 1. The summed E-state index contributed by atoms with van der Waals surface area (Å²) in [5, 5.41) is 27.5. The molecule has 1 N–H and O–H groups in total. The number of carbonyl (C=O) groups excluding carboxylic acids is 3. The van der Waals surface area contributed by atoms with Gasteiger partial charge in [-0.05, 0) is 64.8 Å². The van der Waals surface area contributed by atoms with Gasteiger partial charge in [-0.25, -0.2) is 23.1 Å². The van der Waals surface area contributed by atoms with Gasteiger partial charge in [0.15, 0.2) is 5.60 Å². The van der Waals surface area contributed by atoms with E-state index in [1.807, 2.05) is 30.3 Å². The van der Waals surface area contributed by atoms with Crippen molar-refractivity contribution >= 4 is 23.8 Å². The molecule has 19 heteroatoms. The fourth-order valence-corrected chi connectivity index (χ4v) is 5.87. The summed E-state index contributed by atoms with van der Waals surface area (Å²) in [7, 11) is 0. The third-order valence-electron chi connectivity index (χ3n) is 8.72. The second kappa shape index (κ2) is 17.7.